The van der Waals surface area contributed by atoms with Crippen molar-refractivity contribution in [2.75, 3.05) is 12.4 Å². The fraction of sp³-hybridized carbons (Fsp3) is 0.214. The molecule has 0 saturated heterocycles. The molecule has 0 fully saturated rings. The van der Waals surface area contributed by atoms with Gasteiger partial charge in [0, 0.05) is 5.69 Å². The predicted molar refractivity (Wildman–Crippen MR) is 80.0 cm³/mol. The van der Waals surface area contributed by atoms with Crippen molar-refractivity contribution in [3.63, 3.8) is 0 Å². The quantitative estimate of drug-likeness (QED) is 0.887. The minimum Gasteiger partial charge on any atom is -0.497 e. The molecule has 0 saturated carbocycles. The van der Waals surface area contributed by atoms with Crippen molar-refractivity contribution in [3.05, 3.63) is 45.7 Å². The van der Waals surface area contributed by atoms with Gasteiger partial charge in [-0.25, -0.2) is 0 Å². The summed E-state index contributed by atoms with van der Waals surface area (Å²) in [6, 6.07) is 7.53. The van der Waals surface area contributed by atoms with Crippen LogP contribution in [0.5, 0.6) is 5.75 Å². The van der Waals surface area contributed by atoms with Crippen molar-refractivity contribution >= 4 is 34.6 Å². The van der Waals surface area contributed by atoms with Crippen LogP contribution in [0.25, 0.3) is 0 Å². The molecular formula is C14H14Cl2N2O. The first kappa shape index (κ1) is 14.0. The van der Waals surface area contributed by atoms with Gasteiger partial charge in [0.15, 0.2) is 0 Å². The van der Waals surface area contributed by atoms with E-state index in [1.165, 1.54) is 0 Å². The van der Waals surface area contributed by atoms with Crippen molar-refractivity contribution in [3.8, 4) is 5.75 Å². The second kappa shape index (κ2) is 5.68. The summed E-state index contributed by atoms with van der Waals surface area (Å²) in [7, 11) is 1.63. The Kier molecular flexibility index (Phi) is 4.17. The van der Waals surface area contributed by atoms with E-state index in [1.807, 2.05) is 38.1 Å². The first-order chi connectivity index (χ1) is 9.02. The van der Waals surface area contributed by atoms with Gasteiger partial charge in [0.2, 0.25) is 0 Å². The van der Waals surface area contributed by atoms with Gasteiger partial charge < -0.3 is 10.1 Å². The topological polar surface area (TPSA) is 34.1 Å². The lowest BCUT2D eigenvalue weighted by atomic mass is 10.2. The van der Waals surface area contributed by atoms with Crippen LogP contribution in [0.15, 0.2) is 24.3 Å². The maximum Gasteiger partial charge on any atom is 0.119 e. The number of nitrogens with one attached hydrogen (secondary N) is 1. The number of rotatable bonds is 3. The number of hydrogen-bond acceptors (Lipinski definition) is 3. The summed E-state index contributed by atoms with van der Waals surface area (Å²) in [6.45, 7) is 3.70. The lowest BCUT2D eigenvalue weighted by Crippen LogP contribution is -1.98. The van der Waals surface area contributed by atoms with Crippen LogP contribution in [0.3, 0.4) is 0 Å². The predicted octanol–water partition coefficient (Wildman–Crippen LogP) is 4.76. The van der Waals surface area contributed by atoms with Gasteiger partial charge in [-0.05, 0) is 38.1 Å². The molecular weight excluding hydrogens is 283 g/mol. The maximum absolute atomic E-state index is 6.24. The zero-order valence-corrected chi connectivity index (χ0v) is 12.4. The molecule has 1 aromatic heterocycles. The summed E-state index contributed by atoms with van der Waals surface area (Å²) in [5.74, 6) is 0.796. The van der Waals surface area contributed by atoms with Gasteiger partial charge in [-0.1, -0.05) is 23.2 Å². The highest BCUT2D eigenvalue weighted by atomic mass is 35.5. The van der Waals surface area contributed by atoms with Crippen LogP contribution in [0.4, 0.5) is 11.4 Å². The van der Waals surface area contributed by atoms with Crippen LogP contribution in [0.2, 0.25) is 10.0 Å². The van der Waals surface area contributed by atoms with Crippen LogP contribution < -0.4 is 10.1 Å². The molecule has 0 aliphatic rings. The number of nitrogens with zero attached hydrogens (tertiary/aromatic N) is 1. The zero-order chi connectivity index (χ0) is 14.0. The van der Waals surface area contributed by atoms with E-state index >= 15 is 0 Å². The summed E-state index contributed by atoms with van der Waals surface area (Å²) in [5.41, 5.74) is 3.06. The molecule has 0 spiro atoms. The standard InChI is InChI=1S/C14H14Cl2N2O/c1-8-12(15)14(13(16)9(2)17-8)18-10-4-6-11(19-3)7-5-10/h4-7H,1-3H3,(H,17,18). The van der Waals surface area contributed by atoms with Gasteiger partial charge in [0.05, 0.1) is 34.2 Å². The van der Waals surface area contributed by atoms with Crippen molar-refractivity contribution in [2.24, 2.45) is 0 Å². The number of halogens is 2. The monoisotopic (exact) mass is 296 g/mol. The fourth-order valence-electron chi connectivity index (χ4n) is 1.74. The summed E-state index contributed by atoms with van der Waals surface area (Å²) in [6.07, 6.45) is 0. The highest BCUT2D eigenvalue weighted by Gasteiger charge is 2.13. The zero-order valence-electron chi connectivity index (χ0n) is 10.9. The highest BCUT2D eigenvalue weighted by Crippen LogP contribution is 2.36. The number of aromatic nitrogens is 1. The Bertz CT molecular complexity index is 571. The van der Waals surface area contributed by atoms with Crippen LogP contribution in [0, 0.1) is 13.8 Å². The highest BCUT2D eigenvalue weighted by molar-refractivity contribution is 6.39. The van der Waals surface area contributed by atoms with E-state index in [1.54, 1.807) is 7.11 Å². The maximum atomic E-state index is 6.24. The molecule has 100 valence electrons. The van der Waals surface area contributed by atoms with Crippen molar-refractivity contribution in [1.29, 1.82) is 0 Å². The molecule has 0 atom stereocenters. The molecule has 3 nitrogen and oxygen atoms in total. The van der Waals surface area contributed by atoms with Crippen molar-refractivity contribution in [2.45, 2.75) is 13.8 Å². The Hall–Kier alpha value is -1.45. The molecule has 2 aromatic rings. The number of benzene rings is 1. The molecule has 0 unspecified atom stereocenters. The third-order valence-corrected chi connectivity index (χ3v) is 3.69. The Balaban J connectivity index is 2.37. The van der Waals surface area contributed by atoms with Crippen LogP contribution in [-0.2, 0) is 0 Å². The lowest BCUT2D eigenvalue weighted by molar-refractivity contribution is 0.415. The third-order valence-electron chi connectivity index (χ3n) is 2.77. The Morgan fingerprint density at radius 3 is 2.00 bits per heavy atom. The van der Waals surface area contributed by atoms with E-state index in [4.69, 9.17) is 27.9 Å². The average Bonchev–Trinajstić information content (AvgIpc) is 2.42. The minimum atomic E-state index is 0.534. The second-order valence-electron chi connectivity index (χ2n) is 4.14. The molecule has 0 amide bonds. The van der Waals surface area contributed by atoms with Gasteiger partial charge in [0.25, 0.3) is 0 Å². The van der Waals surface area contributed by atoms with Crippen LogP contribution in [0.1, 0.15) is 11.4 Å². The van der Waals surface area contributed by atoms with Gasteiger partial charge >= 0.3 is 0 Å². The van der Waals surface area contributed by atoms with E-state index in [9.17, 15) is 0 Å². The fourth-order valence-corrected chi connectivity index (χ4v) is 2.15. The third kappa shape index (κ3) is 2.94. The molecule has 0 aliphatic heterocycles. The smallest absolute Gasteiger partial charge is 0.119 e. The first-order valence-corrected chi connectivity index (χ1v) is 6.51. The first-order valence-electron chi connectivity index (χ1n) is 5.76. The van der Waals surface area contributed by atoms with Gasteiger partial charge in [-0.3, -0.25) is 4.98 Å². The SMILES string of the molecule is COc1ccc(Nc2c(Cl)c(C)nc(C)c2Cl)cc1. The number of anilines is 2. The van der Waals surface area contributed by atoms with Gasteiger partial charge in [-0.2, -0.15) is 0 Å². The molecule has 1 N–H and O–H groups in total. The van der Waals surface area contributed by atoms with E-state index in [-0.39, 0.29) is 0 Å². The van der Waals surface area contributed by atoms with E-state index in [2.05, 4.69) is 10.3 Å². The van der Waals surface area contributed by atoms with Crippen LogP contribution in [-0.4, -0.2) is 12.1 Å². The van der Waals surface area contributed by atoms with Crippen molar-refractivity contribution in [1.82, 2.24) is 4.98 Å². The van der Waals surface area contributed by atoms with E-state index < -0.39 is 0 Å². The molecule has 5 heteroatoms. The number of methoxy groups -OCH3 is 1. The molecule has 0 radical (unpaired) electrons. The second-order valence-corrected chi connectivity index (χ2v) is 4.90. The van der Waals surface area contributed by atoms with Crippen molar-refractivity contribution < 1.29 is 4.74 Å². The normalized spacial score (nSPS) is 10.4. The summed E-state index contributed by atoms with van der Waals surface area (Å²) in [5, 5.41) is 4.28. The van der Waals surface area contributed by atoms with Crippen LogP contribution >= 0.6 is 23.2 Å². The van der Waals surface area contributed by atoms with Gasteiger partial charge in [-0.15, -0.1) is 0 Å². The number of aryl methyl sites for hydroxylation is 2. The average molecular weight is 297 g/mol. The Labute approximate surface area is 122 Å². The lowest BCUT2D eigenvalue weighted by Gasteiger charge is -2.14. The van der Waals surface area contributed by atoms with Gasteiger partial charge in [0.1, 0.15) is 5.75 Å². The summed E-state index contributed by atoms with van der Waals surface area (Å²) < 4.78 is 5.12. The molecule has 19 heavy (non-hydrogen) atoms. The number of hydrogen-bond donors (Lipinski definition) is 1. The molecule has 1 aromatic carbocycles. The molecule has 0 aliphatic carbocycles. The number of pyridine rings is 1. The summed E-state index contributed by atoms with van der Waals surface area (Å²) in [4.78, 5) is 4.28. The molecule has 2 rings (SSSR count). The van der Waals surface area contributed by atoms with E-state index in [0.717, 1.165) is 22.8 Å². The minimum absolute atomic E-state index is 0.534. The summed E-state index contributed by atoms with van der Waals surface area (Å²) >= 11 is 12.5. The number of ether oxygens (including phenoxy) is 1. The Morgan fingerprint density at radius 1 is 1.00 bits per heavy atom. The molecule has 1 heterocycles. The molecule has 0 bridgehead atoms. The Morgan fingerprint density at radius 2 is 1.53 bits per heavy atom. The largest absolute Gasteiger partial charge is 0.497 e. The van der Waals surface area contributed by atoms with E-state index in [0.29, 0.717) is 15.7 Å².